The summed E-state index contributed by atoms with van der Waals surface area (Å²) in [6.07, 6.45) is 2.42. The first kappa shape index (κ1) is 14.5. The van der Waals surface area contributed by atoms with Crippen LogP contribution < -0.4 is 5.32 Å². The molecule has 2 amide bonds. The van der Waals surface area contributed by atoms with E-state index in [1.165, 1.54) is 18.1 Å². The SMILES string of the molecule is CN(Cc1ncc[nH]1)C(=O)NC(CC(=O)O)C(=O)O. The molecule has 19 heavy (non-hydrogen) atoms. The molecule has 1 heterocycles. The lowest BCUT2D eigenvalue weighted by molar-refractivity contribution is -0.145. The minimum atomic E-state index is -1.47. The predicted octanol–water partition coefficient (Wildman–Crippen LogP) is -0.521. The van der Waals surface area contributed by atoms with Crippen molar-refractivity contribution in [3.63, 3.8) is 0 Å². The number of H-pyrrole nitrogens is 1. The highest BCUT2D eigenvalue weighted by Crippen LogP contribution is 1.99. The molecule has 1 rings (SSSR count). The van der Waals surface area contributed by atoms with Gasteiger partial charge in [-0.2, -0.15) is 0 Å². The van der Waals surface area contributed by atoms with Gasteiger partial charge in [-0.3, -0.25) is 4.79 Å². The molecule has 0 fully saturated rings. The van der Waals surface area contributed by atoms with E-state index in [0.29, 0.717) is 5.82 Å². The van der Waals surface area contributed by atoms with Gasteiger partial charge < -0.3 is 25.4 Å². The van der Waals surface area contributed by atoms with Crippen molar-refractivity contribution in [1.29, 1.82) is 0 Å². The predicted molar refractivity (Wildman–Crippen MR) is 62.3 cm³/mol. The number of aromatic amines is 1. The van der Waals surface area contributed by atoms with Gasteiger partial charge in [0.25, 0.3) is 0 Å². The average Bonchev–Trinajstić information content (AvgIpc) is 2.79. The zero-order chi connectivity index (χ0) is 14.4. The number of amides is 2. The molecule has 0 saturated heterocycles. The number of carboxylic acid groups (broad SMARTS) is 2. The van der Waals surface area contributed by atoms with Gasteiger partial charge in [0, 0.05) is 19.4 Å². The highest BCUT2D eigenvalue weighted by atomic mass is 16.4. The van der Waals surface area contributed by atoms with E-state index in [1.807, 2.05) is 0 Å². The zero-order valence-electron chi connectivity index (χ0n) is 10.2. The van der Waals surface area contributed by atoms with Gasteiger partial charge in [-0.25, -0.2) is 14.6 Å². The summed E-state index contributed by atoms with van der Waals surface area (Å²) in [6, 6.07) is -2.16. The van der Waals surface area contributed by atoms with Crippen molar-refractivity contribution in [3.05, 3.63) is 18.2 Å². The van der Waals surface area contributed by atoms with Gasteiger partial charge in [-0.15, -0.1) is 0 Å². The van der Waals surface area contributed by atoms with Crippen LogP contribution in [0.3, 0.4) is 0 Å². The number of carbonyl (C=O) groups is 3. The molecule has 0 aliphatic carbocycles. The quantitative estimate of drug-likeness (QED) is 0.549. The number of urea groups is 1. The third-order valence-corrected chi connectivity index (χ3v) is 2.26. The number of aliphatic carboxylic acids is 2. The Labute approximate surface area is 108 Å². The van der Waals surface area contributed by atoms with E-state index in [1.54, 1.807) is 6.20 Å². The molecule has 0 saturated carbocycles. The van der Waals surface area contributed by atoms with Crippen LogP contribution in [0.5, 0.6) is 0 Å². The van der Waals surface area contributed by atoms with Gasteiger partial charge in [-0.05, 0) is 0 Å². The van der Waals surface area contributed by atoms with Crippen molar-refractivity contribution in [3.8, 4) is 0 Å². The van der Waals surface area contributed by atoms with Crippen LogP contribution in [0, 0.1) is 0 Å². The monoisotopic (exact) mass is 270 g/mol. The van der Waals surface area contributed by atoms with Crippen molar-refractivity contribution < 1.29 is 24.6 Å². The maximum Gasteiger partial charge on any atom is 0.326 e. The van der Waals surface area contributed by atoms with Crippen molar-refractivity contribution >= 4 is 18.0 Å². The zero-order valence-corrected chi connectivity index (χ0v) is 10.2. The van der Waals surface area contributed by atoms with Crippen molar-refractivity contribution in [2.45, 2.75) is 19.0 Å². The Hall–Kier alpha value is -2.58. The highest BCUT2D eigenvalue weighted by Gasteiger charge is 2.24. The van der Waals surface area contributed by atoms with E-state index >= 15 is 0 Å². The third kappa shape index (κ3) is 4.66. The van der Waals surface area contributed by atoms with E-state index in [2.05, 4.69) is 15.3 Å². The van der Waals surface area contributed by atoms with Crippen LogP contribution in [0.15, 0.2) is 12.4 Å². The van der Waals surface area contributed by atoms with Crippen molar-refractivity contribution in [2.75, 3.05) is 7.05 Å². The molecule has 1 aromatic heterocycles. The fourth-order valence-electron chi connectivity index (χ4n) is 1.31. The number of hydrogen-bond acceptors (Lipinski definition) is 4. The second-order valence-electron chi connectivity index (χ2n) is 3.83. The summed E-state index contributed by atoms with van der Waals surface area (Å²) >= 11 is 0. The summed E-state index contributed by atoms with van der Waals surface area (Å²) in [7, 11) is 1.44. The summed E-state index contributed by atoms with van der Waals surface area (Å²) in [5.74, 6) is -2.17. The van der Waals surface area contributed by atoms with Crippen molar-refractivity contribution in [2.24, 2.45) is 0 Å². The number of carbonyl (C=O) groups excluding carboxylic acids is 1. The Morgan fingerprint density at radius 1 is 1.47 bits per heavy atom. The van der Waals surface area contributed by atoms with Crippen LogP contribution in [-0.2, 0) is 16.1 Å². The molecule has 0 aromatic carbocycles. The summed E-state index contributed by atoms with van der Waals surface area (Å²) in [6.45, 7) is 0.151. The van der Waals surface area contributed by atoms with E-state index in [9.17, 15) is 14.4 Å². The Balaban J connectivity index is 2.56. The molecule has 104 valence electrons. The molecular formula is C10H14N4O5. The number of hydrogen-bond donors (Lipinski definition) is 4. The van der Waals surface area contributed by atoms with E-state index in [0.717, 1.165) is 0 Å². The van der Waals surface area contributed by atoms with Crippen LogP contribution in [0.1, 0.15) is 12.2 Å². The number of imidazole rings is 1. The van der Waals surface area contributed by atoms with Crippen LogP contribution in [0.4, 0.5) is 4.79 Å². The first-order chi connectivity index (χ1) is 8.90. The molecule has 1 atom stereocenters. The maximum atomic E-state index is 11.7. The van der Waals surface area contributed by atoms with Crippen LogP contribution in [-0.4, -0.2) is 56.1 Å². The second kappa shape index (κ2) is 6.38. The maximum absolute atomic E-state index is 11.7. The summed E-state index contributed by atoms with van der Waals surface area (Å²) in [5.41, 5.74) is 0. The smallest absolute Gasteiger partial charge is 0.326 e. The number of aromatic nitrogens is 2. The van der Waals surface area contributed by atoms with Gasteiger partial charge in [0.1, 0.15) is 11.9 Å². The minimum Gasteiger partial charge on any atom is -0.481 e. The number of rotatable bonds is 6. The first-order valence-electron chi connectivity index (χ1n) is 5.34. The normalized spacial score (nSPS) is 11.6. The fourth-order valence-corrected chi connectivity index (χ4v) is 1.31. The Morgan fingerprint density at radius 2 is 2.16 bits per heavy atom. The standard InChI is InChI=1S/C10H14N4O5/c1-14(5-7-11-2-3-12-7)10(19)13-6(9(17)18)4-8(15)16/h2-3,6H,4-5H2,1H3,(H,11,12)(H,13,19)(H,15,16)(H,17,18). The van der Waals surface area contributed by atoms with Crippen LogP contribution >= 0.6 is 0 Å². The Kier molecular flexibility index (Phi) is 4.86. The number of nitrogens with one attached hydrogen (secondary N) is 2. The Bertz CT molecular complexity index is 458. The van der Waals surface area contributed by atoms with Gasteiger partial charge in [-0.1, -0.05) is 0 Å². The highest BCUT2D eigenvalue weighted by molar-refractivity contribution is 5.86. The van der Waals surface area contributed by atoms with Gasteiger partial charge >= 0.3 is 18.0 Å². The lowest BCUT2D eigenvalue weighted by Crippen LogP contribution is -2.47. The molecule has 1 aromatic rings. The minimum absolute atomic E-state index is 0.151. The fraction of sp³-hybridized carbons (Fsp3) is 0.400. The largest absolute Gasteiger partial charge is 0.481 e. The molecule has 4 N–H and O–H groups in total. The van der Waals surface area contributed by atoms with Crippen molar-refractivity contribution in [1.82, 2.24) is 20.2 Å². The van der Waals surface area contributed by atoms with E-state index < -0.39 is 30.4 Å². The number of carboxylic acids is 2. The number of nitrogens with zero attached hydrogens (tertiary/aromatic N) is 2. The second-order valence-corrected chi connectivity index (χ2v) is 3.83. The lowest BCUT2D eigenvalue weighted by Gasteiger charge is -2.19. The molecule has 9 heteroatoms. The van der Waals surface area contributed by atoms with Gasteiger partial charge in [0.05, 0.1) is 13.0 Å². The molecule has 0 spiro atoms. The molecular weight excluding hydrogens is 256 g/mol. The molecule has 9 nitrogen and oxygen atoms in total. The summed E-state index contributed by atoms with van der Waals surface area (Å²) in [4.78, 5) is 40.8. The topological polar surface area (TPSA) is 136 Å². The van der Waals surface area contributed by atoms with Gasteiger partial charge in [0.15, 0.2) is 0 Å². The van der Waals surface area contributed by atoms with E-state index in [4.69, 9.17) is 10.2 Å². The molecule has 0 aliphatic heterocycles. The first-order valence-corrected chi connectivity index (χ1v) is 5.34. The van der Waals surface area contributed by atoms with Crippen LogP contribution in [0.25, 0.3) is 0 Å². The summed E-state index contributed by atoms with van der Waals surface area (Å²) < 4.78 is 0. The molecule has 0 bridgehead atoms. The molecule has 0 radical (unpaired) electrons. The Morgan fingerprint density at radius 3 is 2.63 bits per heavy atom. The average molecular weight is 270 g/mol. The lowest BCUT2D eigenvalue weighted by atomic mass is 10.2. The molecule has 1 unspecified atom stereocenters. The van der Waals surface area contributed by atoms with E-state index in [-0.39, 0.29) is 6.54 Å². The third-order valence-electron chi connectivity index (χ3n) is 2.26. The molecule has 0 aliphatic rings. The van der Waals surface area contributed by atoms with Crippen LogP contribution in [0.2, 0.25) is 0 Å². The van der Waals surface area contributed by atoms with Gasteiger partial charge in [0.2, 0.25) is 0 Å². The summed E-state index contributed by atoms with van der Waals surface area (Å²) in [5, 5.41) is 19.5.